The van der Waals surface area contributed by atoms with Gasteiger partial charge in [-0.1, -0.05) is 28.1 Å². The van der Waals surface area contributed by atoms with Gasteiger partial charge in [-0.25, -0.2) is 0 Å². The van der Waals surface area contributed by atoms with Crippen molar-refractivity contribution < 1.29 is 4.79 Å². The first-order chi connectivity index (χ1) is 10.2. The topological polar surface area (TPSA) is 32.3 Å². The number of halogens is 1. The van der Waals surface area contributed by atoms with Gasteiger partial charge in [0, 0.05) is 22.7 Å². The Bertz CT molecular complexity index is 711. The second kappa shape index (κ2) is 5.11. The zero-order valence-corrected chi connectivity index (χ0v) is 13.3. The predicted octanol–water partition coefficient (Wildman–Crippen LogP) is 3.46. The van der Waals surface area contributed by atoms with Crippen LogP contribution < -0.4 is 10.2 Å². The summed E-state index contributed by atoms with van der Waals surface area (Å²) >= 11 is 3.49. The summed E-state index contributed by atoms with van der Waals surface area (Å²) < 4.78 is 1.08. The lowest BCUT2D eigenvalue weighted by Gasteiger charge is -2.18. The third-order valence-electron chi connectivity index (χ3n) is 4.32. The maximum absolute atomic E-state index is 12.5. The van der Waals surface area contributed by atoms with Crippen LogP contribution in [0.25, 0.3) is 10.8 Å². The molecule has 1 aliphatic carbocycles. The number of carbonyl (C=O) groups excluding carboxylic acids is 1. The van der Waals surface area contributed by atoms with Gasteiger partial charge in [0.1, 0.15) is 0 Å². The molecule has 1 aliphatic heterocycles. The molecule has 1 N–H and O–H groups in total. The van der Waals surface area contributed by atoms with Crippen molar-refractivity contribution in [3.8, 4) is 0 Å². The van der Waals surface area contributed by atoms with E-state index in [1.165, 1.54) is 23.6 Å². The highest BCUT2D eigenvalue weighted by Crippen LogP contribution is 2.29. The van der Waals surface area contributed by atoms with Crippen molar-refractivity contribution in [2.75, 3.05) is 11.4 Å². The lowest BCUT2D eigenvalue weighted by atomic mass is 10.1. The van der Waals surface area contributed by atoms with E-state index in [9.17, 15) is 4.79 Å². The van der Waals surface area contributed by atoms with E-state index >= 15 is 0 Å². The maximum atomic E-state index is 12.5. The highest BCUT2D eigenvalue weighted by Gasteiger charge is 2.36. The Balaban J connectivity index is 1.60. The van der Waals surface area contributed by atoms with Crippen molar-refractivity contribution in [2.45, 2.75) is 31.3 Å². The Morgan fingerprint density at radius 3 is 2.62 bits per heavy atom. The van der Waals surface area contributed by atoms with Crippen LogP contribution in [0.5, 0.6) is 0 Å². The number of benzene rings is 2. The maximum Gasteiger partial charge on any atom is 0.244 e. The number of nitrogens with one attached hydrogen (secondary N) is 1. The van der Waals surface area contributed by atoms with Crippen LogP contribution in [-0.4, -0.2) is 24.5 Å². The molecule has 2 aromatic carbocycles. The van der Waals surface area contributed by atoms with Crippen LogP contribution in [0.3, 0.4) is 0 Å². The van der Waals surface area contributed by atoms with Gasteiger partial charge in [0.15, 0.2) is 0 Å². The Morgan fingerprint density at radius 1 is 1.05 bits per heavy atom. The van der Waals surface area contributed by atoms with E-state index < -0.39 is 0 Å². The van der Waals surface area contributed by atoms with E-state index in [1.54, 1.807) is 0 Å². The van der Waals surface area contributed by atoms with E-state index in [1.807, 2.05) is 17.0 Å². The van der Waals surface area contributed by atoms with Crippen molar-refractivity contribution in [1.82, 2.24) is 5.32 Å². The van der Waals surface area contributed by atoms with Crippen LogP contribution in [0.15, 0.2) is 40.9 Å². The summed E-state index contributed by atoms with van der Waals surface area (Å²) in [6, 6.07) is 13.1. The number of carbonyl (C=O) groups is 1. The summed E-state index contributed by atoms with van der Waals surface area (Å²) in [5, 5.41) is 5.81. The Labute approximate surface area is 132 Å². The highest BCUT2D eigenvalue weighted by molar-refractivity contribution is 9.10. The van der Waals surface area contributed by atoms with Crippen molar-refractivity contribution in [2.24, 2.45) is 0 Å². The monoisotopic (exact) mass is 344 g/mol. The second-order valence-electron chi connectivity index (χ2n) is 5.95. The van der Waals surface area contributed by atoms with Crippen LogP contribution in [0.1, 0.15) is 19.3 Å². The van der Waals surface area contributed by atoms with E-state index in [0.29, 0.717) is 6.04 Å². The summed E-state index contributed by atoms with van der Waals surface area (Å²) in [5.74, 6) is 0.221. The molecule has 4 heteroatoms. The minimum Gasteiger partial charge on any atom is -0.311 e. The molecule has 1 saturated heterocycles. The first kappa shape index (κ1) is 13.3. The van der Waals surface area contributed by atoms with Crippen molar-refractivity contribution in [3.05, 3.63) is 40.9 Å². The van der Waals surface area contributed by atoms with Crippen molar-refractivity contribution in [3.63, 3.8) is 0 Å². The fraction of sp³-hybridized carbons (Fsp3) is 0.353. The molecule has 3 nitrogen and oxygen atoms in total. The molecule has 108 valence electrons. The highest BCUT2D eigenvalue weighted by atomic mass is 79.9. The summed E-state index contributed by atoms with van der Waals surface area (Å²) in [6.45, 7) is 0.811. The van der Waals surface area contributed by atoms with Gasteiger partial charge in [0.25, 0.3) is 0 Å². The zero-order chi connectivity index (χ0) is 14.4. The molecule has 2 aliphatic rings. The SMILES string of the molecule is O=C1C(NC2CC2)CCN1c1ccc2cc(Br)ccc2c1. The molecule has 1 atom stereocenters. The van der Waals surface area contributed by atoms with E-state index in [2.05, 4.69) is 45.5 Å². The first-order valence-corrected chi connectivity index (χ1v) is 8.27. The number of rotatable bonds is 3. The first-order valence-electron chi connectivity index (χ1n) is 7.47. The third-order valence-corrected chi connectivity index (χ3v) is 4.81. The molecule has 0 bridgehead atoms. The van der Waals surface area contributed by atoms with Crippen LogP contribution in [0.2, 0.25) is 0 Å². The van der Waals surface area contributed by atoms with Gasteiger partial charge in [0.2, 0.25) is 5.91 Å². The molecule has 4 rings (SSSR count). The number of hydrogen-bond acceptors (Lipinski definition) is 2. The molecule has 0 spiro atoms. The number of anilines is 1. The summed E-state index contributed by atoms with van der Waals surface area (Å²) in [6.07, 6.45) is 3.34. The molecule has 1 amide bonds. The molecule has 2 aromatic rings. The summed E-state index contributed by atoms with van der Waals surface area (Å²) in [7, 11) is 0. The standard InChI is InChI=1S/C17H17BrN2O/c18-13-3-1-12-10-15(6-2-11(12)9-13)20-8-7-16(17(20)21)19-14-4-5-14/h1-3,6,9-10,14,16,19H,4-5,7-8H2. The molecule has 1 heterocycles. The lowest BCUT2D eigenvalue weighted by molar-refractivity contribution is -0.118. The van der Waals surface area contributed by atoms with E-state index in [-0.39, 0.29) is 11.9 Å². The van der Waals surface area contributed by atoms with Crippen LogP contribution in [-0.2, 0) is 4.79 Å². The van der Waals surface area contributed by atoms with Gasteiger partial charge in [-0.2, -0.15) is 0 Å². The summed E-state index contributed by atoms with van der Waals surface area (Å²) in [5.41, 5.74) is 1.01. The minimum absolute atomic E-state index is 0.0121. The molecular weight excluding hydrogens is 328 g/mol. The minimum atomic E-state index is 0.0121. The smallest absolute Gasteiger partial charge is 0.244 e. The van der Waals surface area contributed by atoms with Crippen LogP contribution in [0, 0.1) is 0 Å². The predicted molar refractivity (Wildman–Crippen MR) is 88.6 cm³/mol. The van der Waals surface area contributed by atoms with Crippen LogP contribution >= 0.6 is 15.9 Å². The molecule has 21 heavy (non-hydrogen) atoms. The molecule has 1 unspecified atom stereocenters. The molecule has 2 fully saturated rings. The number of hydrogen-bond donors (Lipinski definition) is 1. The molecular formula is C17H17BrN2O. The fourth-order valence-electron chi connectivity index (χ4n) is 3.00. The second-order valence-corrected chi connectivity index (χ2v) is 6.86. The quantitative estimate of drug-likeness (QED) is 0.924. The van der Waals surface area contributed by atoms with Gasteiger partial charge < -0.3 is 10.2 Å². The van der Waals surface area contributed by atoms with Crippen molar-refractivity contribution >= 4 is 38.3 Å². The normalized spacial score (nSPS) is 22.2. The van der Waals surface area contributed by atoms with Gasteiger partial charge in [0.05, 0.1) is 6.04 Å². The van der Waals surface area contributed by atoms with E-state index in [4.69, 9.17) is 0 Å². The van der Waals surface area contributed by atoms with Gasteiger partial charge in [-0.15, -0.1) is 0 Å². The van der Waals surface area contributed by atoms with Gasteiger partial charge in [-0.3, -0.25) is 4.79 Å². The average molecular weight is 345 g/mol. The molecule has 1 saturated carbocycles. The number of amides is 1. The van der Waals surface area contributed by atoms with Crippen molar-refractivity contribution in [1.29, 1.82) is 0 Å². The number of fused-ring (bicyclic) bond motifs is 1. The third kappa shape index (κ3) is 2.58. The average Bonchev–Trinajstić information content (AvgIpc) is 3.23. The Morgan fingerprint density at radius 2 is 1.81 bits per heavy atom. The van der Waals surface area contributed by atoms with E-state index in [0.717, 1.165) is 23.1 Å². The van der Waals surface area contributed by atoms with Crippen LogP contribution in [0.4, 0.5) is 5.69 Å². The fourth-order valence-corrected chi connectivity index (χ4v) is 3.38. The zero-order valence-electron chi connectivity index (χ0n) is 11.7. The lowest BCUT2D eigenvalue weighted by Crippen LogP contribution is -2.39. The number of nitrogens with zero attached hydrogens (tertiary/aromatic N) is 1. The van der Waals surface area contributed by atoms with Gasteiger partial charge in [-0.05, 0) is 54.3 Å². The molecule has 0 radical (unpaired) electrons. The summed E-state index contributed by atoms with van der Waals surface area (Å²) in [4.78, 5) is 14.4. The Kier molecular flexibility index (Phi) is 3.23. The largest absolute Gasteiger partial charge is 0.311 e. The Hall–Kier alpha value is -1.39. The molecule has 0 aromatic heterocycles. The van der Waals surface area contributed by atoms with Gasteiger partial charge >= 0.3 is 0 Å².